The summed E-state index contributed by atoms with van der Waals surface area (Å²) >= 11 is 0. The van der Waals surface area contributed by atoms with Gasteiger partial charge in [0.25, 0.3) is 5.91 Å². The molecule has 1 aliphatic rings. The first-order chi connectivity index (χ1) is 9.02. The van der Waals surface area contributed by atoms with Gasteiger partial charge in [0.1, 0.15) is 11.2 Å². The van der Waals surface area contributed by atoms with Crippen molar-refractivity contribution in [2.45, 2.75) is 63.4 Å². The number of amides is 2. The number of hydrazine groups is 1. The lowest BCUT2D eigenvalue weighted by Gasteiger charge is -2.35. The van der Waals surface area contributed by atoms with Crippen LogP contribution in [0.2, 0.25) is 0 Å². The standard InChI is InChI=1S/C12H22N2O6/c1-11(2,3)20-10(18)14-13-9(17)12(19)5-7(15)4-8(16)6-12/h7-8,15-16,19H,4-6H2,1-3H3,(H,13,17)(H,14,18)/t7-,8-/m0/s1. The number of hydrogen-bond donors (Lipinski definition) is 5. The number of carbonyl (C=O) groups excluding carboxylic acids is 2. The van der Waals surface area contributed by atoms with E-state index in [2.05, 4.69) is 0 Å². The molecule has 2 atom stereocenters. The lowest BCUT2D eigenvalue weighted by Crippen LogP contribution is -2.58. The van der Waals surface area contributed by atoms with Crippen LogP contribution in [-0.2, 0) is 9.53 Å². The van der Waals surface area contributed by atoms with E-state index in [4.69, 9.17) is 4.74 Å². The molecule has 8 heteroatoms. The van der Waals surface area contributed by atoms with Gasteiger partial charge >= 0.3 is 6.09 Å². The van der Waals surface area contributed by atoms with Crippen LogP contribution >= 0.6 is 0 Å². The van der Waals surface area contributed by atoms with Crippen LogP contribution in [0.25, 0.3) is 0 Å². The second-order valence-electron chi connectivity index (χ2n) is 6.06. The van der Waals surface area contributed by atoms with E-state index in [1.165, 1.54) is 0 Å². The quantitative estimate of drug-likeness (QED) is 0.401. The molecule has 0 unspecified atom stereocenters. The third-order valence-electron chi connectivity index (χ3n) is 2.79. The second kappa shape index (κ2) is 5.94. The maximum absolute atomic E-state index is 11.8. The Bertz CT molecular complexity index is 369. The monoisotopic (exact) mass is 290 g/mol. The molecule has 1 aliphatic carbocycles. The van der Waals surface area contributed by atoms with E-state index in [-0.39, 0.29) is 19.3 Å². The van der Waals surface area contributed by atoms with Gasteiger partial charge in [0, 0.05) is 12.8 Å². The summed E-state index contributed by atoms with van der Waals surface area (Å²) in [6, 6.07) is 0. The van der Waals surface area contributed by atoms with Crippen molar-refractivity contribution in [3.05, 3.63) is 0 Å². The first-order valence-corrected chi connectivity index (χ1v) is 6.40. The summed E-state index contributed by atoms with van der Waals surface area (Å²) in [6.07, 6.45) is -3.12. The Kier molecular flexibility index (Phi) is 4.95. The molecule has 1 fully saturated rings. The SMILES string of the molecule is CC(C)(C)OC(=O)NNC(=O)C1(O)C[C@@H](O)C[C@H](O)C1. The molecule has 0 aromatic carbocycles. The number of hydrogen-bond acceptors (Lipinski definition) is 6. The van der Waals surface area contributed by atoms with E-state index < -0.39 is 35.4 Å². The molecule has 0 bridgehead atoms. The van der Waals surface area contributed by atoms with Gasteiger partial charge in [-0.1, -0.05) is 0 Å². The maximum atomic E-state index is 11.8. The van der Waals surface area contributed by atoms with Crippen LogP contribution in [0.3, 0.4) is 0 Å². The summed E-state index contributed by atoms with van der Waals surface area (Å²) in [6.45, 7) is 4.99. The Morgan fingerprint density at radius 2 is 1.65 bits per heavy atom. The van der Waals surface area contributed by atoms with Crippen molar-refractivity contribution in [1.29, 1.82) is 0 Å². The number of aliphatic hydroxyl groups excluding tert-OH is 2. The van der Waals surface area contributed by atoms with Gasteiger partial charge in [-0.05, 0) is 27.2 Å². The molecule has 5 N–H and O–H groups in total. The molecule has 0 aromatic rings. The molecular weight excluding hydrogens is 268 g/mol. The highest BCUT2D eigenvalue weighted by atomic mass is 16.6. The largest absolute Gasteiger partial charge is 0.443 e. The van der Waals surface area contributed by atoms with Crippen molar-refractivity contribution >= 4 is 12.0 Å². The van der Waals surface area contributed by atoms with Crippen LogP contribution in [0.1, 0.15) is 40.0 Å². The highest BCUT2D eigenvalue weighted by Gasteiger charge is 2.44. The van der Waals surface area contributed by atoms with E-state index in [1.54, 1.807) is 20.8 Å². The smallest absolute Gasteiger partial charge is 0.426 e. The topological polar surface area (TPSA) is 128 Å². The Morgan fingerprint density at radius 3 is 2.10 bits per heavy atom. The van der Waals surface area contributed by atoms with E-state index in [0.717, 1.165) is 0 Å². The molecular formula is C12H22N2O6. The van der Waals surface area contributed by atoms with E-state index >= 15 is 0 Å². The molecule has 1 saturated carbocycles. The zero-order valence-electron chi connectivity index (χ0n) is 11.8. The highest BCUT2D eigenvalue weighted by Crippen LogP contribution is 2.28. The molecule has 0 heterocycles. The summed E-state index contributed by atoms with van der Waals surface area (Å²) < 4.78 is 4.91. The molecule has 8 nitrogen and oxygen atoms in total. The van der Waals surface area contributed by atoms with E-state index in [0.29, 0.717) is 0 Å². The van der Waals surface area contributed by atoms with Gasteiger partial charge in [-0.15, -0.1) is 0 Å². The van der Waals surface area contributed by atoms with Crippen LogP contribution in [0.4, 0.5) is 4.79 Å². The Labute approximate surface area is 117 Å². The van der Waals surface area contributed by atoms with E-state index in [9.17, 15) is 24.9 Å². The molecule has 0 radical (unpaired) electrons. The lowest BCUT2D eigenvalue weighted by molar-refractivity contribution is -0.155. The molecule has 1 rings (SSSR count). The minimum absolute atomic E-state index is 0.106. The number of rotatable bonds is 1. The predicted octanol–water partition coefficient (Wildman–Crippen LogP) is -0.821. The van der Waals surface area contributed by atoms with Gasteiger partial charge < -0.3 is 20.1 Å². The summed E-state index contributed by atoms with van der Waals surface area (Å²) in [5.74, 6) is -0.902. The third-order valence-corrected chi connectivity index (χ3v) is 2.79. The van der Waals surface area contributed by atoms with Crippen LogP contribution in [0, 0.1) is 0 Å². The van der Waals surface area contributed by atoms with Crippen LogP contribution < -0.4 is 10.9 Å². The average Bonchev–Trinajstić information content (AvgIpc) is 2.21. The van der Waals surface area contributed by atoms with E-state index in [1.807, 2.05) is 10.9 Å². The Hall–Kier alpha value is -1.38. The van der Waals surface area contributed by atoms with Crippen molar-refractivity contribution in [2.24, 2.45) is 0 Å². The van der Waals surface area contributed by atoms with Gasteiger partial charge in [-0.25, -0.2) is 10.2 Å². The fourth-order valence-corrected chi connectivity index (χ4v) is 2.06. The first-order valence-electron chi connectivity index (χ1n) is 6.40. The van der Waals surface area contributed by atoms with Crippen molar-refractivity contribution < 1.29 is 29.6 Å². The summed E-state index contributed by atoms with van der Waals surface area (Å²) in [5, 5.41) is 29.1. The Morgan fingerprint density at radius 1 is 1.15 bits per heavy atom. The average molecular weight is 290 g/mol. The van der Waals surface area contributed by atoms with Crippen molar-refractivity contribution in [2.75, 3.05) is 0 Å². The number of ether oxygens (including phenoxy) is 1. The second-order valence-corrected chi connectivity index (χ2v) is 6.06. The number of aliphatic hydroxyl groups is 3. The fourth-order valence-electron chi connectivity index (χ4n) is 2.06. The fraction of sp³-hybridized carbons (Fsp3) is 0.833. The van der Waals surface area contributed by atoms with Gasteiger partial charge in [0.05, 0.1) is 12.2 Å². The number of nitrogens with one attached hydrogen (secondary N) is 2. The lowest BCUT2D eigenvalue weighted by atomic mass is 9.81. The Balaban J connectivity index is 2.51. The van der Waals surface area contributed by atoms with Crippen LogP contribution in [-0.4, -0.2) is 50.7 Å². The predicted molar refractivity (Wildman–Crippen MR) is 68.3 cm³/mol. The normalized spacial score (nSPS) is 30.5. The van der Waals surface area contributed by atoms with Gasteiger partial charge in [0.15, 0.2) is 0 Å². The highest BCUT2D eigenvalue weighted by molar-refractivity contribution is 5.86. The maximum Gasteiger partial charge on any atom is 0.426 e. The zero-order valence-corrected chi connectivity index (χ0v) is 11.8. The molecule has 2 amide bonds. The molecule has 0 spiro atoms. The summed E-state index contributed by atoms with van der Waals surface area (Å²) in [7, 11) is 0. The minimum Gasteiger partial charge on any atom is -0.443 e. The van der Waals surface area contributed by atoms with Gasteiger partial charge in [0.2, 0.25) is 0 Å². The summed E-state index contributed by atoms with van der Waals surface area (Å²) in [4.78, 5) is 23.2. The molecule has 116 valence electrons. The van der Waals surface area contributed by atoms with Crippen molar-refractivity contribution in [1.82, 2.24) is 10.9 Å². The van der Waals surface area contributed by atoms with Crippen LogP contribution in [0.15, 0.2) is 0 Å². The summed E-state index contributed by atoms with van der Waals surface area (Å²) in [5.41, 5.74) is 1.38. The van der Waals surface area contributed by atoms with Crippen molar-refractivity contribution in [3.8, 4) is 0 Å². The molecule has 0 saturated heterocycles. The van der Waals surface area contributed by atoms with Crippen molar-refractivity contribution in [3.63, 3.8) is 0 Å². The first kappa shape index (κ1) is 16.7. The van der Waals surface area contributed by atoms with Crippen LogP contribution in [0.5, 0.6) is 0 Å². The third kappa shape index (κ3) is 4.95. The van der Waals surface area contributed by atoms with Gasteiger partial charge in [-0.2, -0.15) is 0 Å². The molecule has 0 aromatic heterocycles. The minimum atomic E-state index is -1.92. The molecule has 20 heavy (non-hydrogen) atoms. The zero-order chi connectivity index (χ0) is 15.6. The van der Waals surface area contributed by atoms with Gasteiger partial charge in [-0.3, -0.25) is 10.2 Å². The molecule has 0 aliphatic heterocycles. The number of carbonyl (C=O) groups is 2.